The topological polar surface area (TPSA) is 70.4 Å². The van der Waals surface area contributed by atoms with E-state index in [1.54, 1.807) is 44.3 Å². The molecule has 1 aliphatic rings. The molecule has 5 heteroatoms. The van der Waals surface area contributed by atoms with Gasteiger partial charge in [-0.2, -0.15) is 5.26 Å². The highest BCUT2D eigenvalue weighted by Gasteiger charge is 2.34. The molecule has 0 spiro atoms. The van der Waals surface area contributed by atoms with Crippen LogP contribution in [-0.4, -0.2) is 25.5 Å². The number of hydrogen-bond acceptors (Lipinski definition) is 4. The Bertz CT molecular complexity index is 626. The van der Waals surface area contributed by atoms with Gasteiger partial charge in [-0.1, -0.05) is 18.2 Å². The molecule has 0 aliphatic carbocycles. The van der Waals surface area contributed by atoms with Crippen LogP contribution in [0.4, 0.5) is 5.69 Å². The van der Waals surface area contributed by atoms with Gasteiger partial charge in [0.2, 0.25) is 0 Å². The Morgan fingerprint density at radius 1 is 1.42 bits per heavy atom. The number of esters is 1. The minimum atomic E-state index is -0.765. The van der Waals surface area contributed by atoms with Crippen LogP contribution < -0.4 is 4.90 Å². The van der Waals surface area contributed by atoms with Crippen molar-refractivity contribution in [2.45, 2.75) is 6.92 Å². The fourth-order valence-corrected chi connectivity index (χ4v) is 2.02. The van der Waals surface area contributed by atoms with Crippen molar-refractivity contribution >= 4 is 23.1 Å². The van der Waals surface area contributed by atoms with E-state index in [0.717, 1.165) is 0 Å². The highest BCUT2D eigenvalue weighted by molar-refractivity contribution is 6.36. The maximum atomic E-state index is 12.2. The normalized spacial score (nSPS) is 15.8. The van der Waals surface area contributed by atoms with Gasteiger partial charge in [-0.05, 0) is 13.0 Å². The molecule has 1 aromatic rings. The zero-order valence-corrected chi connectivity index (χ0v) is 10.6. The van der Waals surface area contributed by atoms with E-state index >= 15 is 0 Å². The summed E-state index contributed by atoms with van der Waals surface area (Å²) in [6.45, 7) is 1.80. The lowest BCUT2D eigenvalue weighted by molar-refractivity contribution is -0.138. The van der Waals surface area contributed by atoms with Gasteiger partial charge in [0.15, 0.2) is 5.57 Å². The van der Waals surface area contributed by atoms with Gasteiger partial charge < -0.3 is 9.64 Å². The van der Waals surface area contributed by atoms with Crippen molar-refractivity contribution < 1.29 is 14.3 Å². The van der Waals surface area contributed by atoms with E-state index in [2.05, 4.69) is 0 Å². The number of rotatable bonds is 2. The number of carbonyl (C=O) groups excluding carboxylic acids is 2. The maximum Gasteiger partial charge on any atom is 0.349 e. The molecule has 1 heterocycles. The highest BCUT2D eigenvalue weighted by Crippen LogP contribution is 2.37. The van der Waals surface area contributed by atoms with Crippen LogP contribution in [0.15, 0.2) is 29.8 Å². The molecule has 0 radical (unpaired) electrons. The largest absolute Gasteiger partial charge is 0.462 e. The molecule has 1 amide bonds. The Balaban J connectivity index is 2.64. The van der Waals surface area contributed by atoms with Crippen molar-refractivity contribution in [3.8, 4) is 6.07 Å². The molecule has 0 fully saturated rings. The SMILES string of the molecule is CCOC(=O)C(C#N)=C1C(=O)N(C)c2ccccc21. The first-order valence-corrected chi connectivity index (χ1v) is 5.80. The van der Waals surface area contributed by atoms with Crippen molar-refractivity contribution in [3.63, 3.8) is 0 Å². The average molecular weight is 256 g/mol. The third-order valence-corrected chi connectivity index (χ3v) is 2.89. The summed E-state index contributed by atoms with van der Waals surface area (Å²) >= 11 is 0. The summed E-state index contributed by atoms with van der Waals surface area (Å²) in [6, 6.07) is 8.80. The molecular formula is C14H12N2O3. The number of para-hydroxylation sites is 1. The van der Waals surface area contributed by atoms with Crippen LogP contribution >= 0.6 is 0 Å². The Morgan fingerprint density at radius 3 is 2.74 bits per heavy atom. The summed E-state index contributed by atoms with van der Waals surface area (Å²) < 4.78 is 4.82. The number of carbonyl (C=O) groups is 2. The number of nitrogens with zero attached hydrogens (tertiary/aromatic N) is 2. The lowest BCUT2D eigenvalue weighted by Crippen LogP contribution is -2.22. The molecule has 0 N–H and O–H groups in total. The standard InChI is InChI=1S/C14H12N2O3/c1-3-19-14(18)10(8-15)12-9-6-4-5-7-11(9)16(2)13(12)17/h4-7H,3H2,1-2H3. The zero-order valence-electron chi connectivity index (χ0n) is 10.6. The third kappa shape index (κ3) is 1.97. The molecule has 1 aromatic carbocycles. The molecule has 0 saturated carbocycles. The number of benzene rings is 1. The van der Waals surface area contributed by atoms with Gasteiger partial charge in [0.25, 0.3) is 5.91 Å². The fraction of sp³-hybridized carbons (Fsp3) is 0.214. The summed E-state index contributed by atoms with van der Waals surface area (Å²) in [7, 11) is 1.61. The van der Waals surface area contributed by atoms with Crippen molar-refractivity contribution in [1.82, 2.24) is 0 Å². The summed E-state index contributed by atoms with van der Waals surface area (Å²) in [6.07, 6.45) is 0. The Morgan fingerprint density at radius 2 is 2.11 bits per heavy atom. The number of fused-ring (bicyclic) bond motifs is 1. The molecule has 1 aliphatic heterocycles. The molecule has 0 saturated heterocycles. The lowest BCUT2D eigenvalue weighted by Gasteiger charge is -2.08. The maximum absolute atomic E-state index is 12.2. The first-order valence-electron chi connectivity index (χ1n) is 5.80. The monoisotopic (exact) mass is 256 g/mol. The summed E-state index contributed by atoms with van der Waals surface area (Å²) in [5, 5.41) is 9.13. The second kappa shape index (κ2) is 4.94. The summed E-state index contributed by atoms with van der Waals surface area (Å²) in [5.41, 5.74) is 1.13. The van der Waals surface area contributed by atoms with Gasteiger partial charge in [-0.15, -0.1) is 0 Å². The number of hydrogen-bond donors (Lipinski definition) is 0. The van der Waals surface area contributed by atoms with Crippen LogP contribution in [0.25, 0.3) is 5.57 Å². The quantitative estimate of drug-likeness (QED) is 0.457. The van der Waals surface area contributed by atoms with Crippen LogP contribution in [0.1, 0.15) is 12.5 Å². The Labute approximate surface area is 110 Å². The Kier molecular flexibility index (Phi) is 3.34. The summed E-state index contributed by atoms with van der Waals surface area (Å²) in [4.78, 5) is 25.3. The van der Waals surface area contributed by atoms with Gasteiger partial charge >= 0.3 is 5.97 Å². The minimum absolute atomic E-state index is 0.110. The molecule has 5 nitrogen and oxygen atoms in total. The minimum Gasteiger partial charge on any atom is -0.462 e. The van der Waals surface area contributed by atoms with Crippen LogP contribution in [0.5, 0.6) is 0 Å². The van der Waals surface area contributed by atoms with Crippen molar-refractivity contribution in [2.24, 2.45) is 0 Å². The molecule has 0 bridgehead atoms. The smallest absolute Gasteiger partial charge is 0.349 e. The van der Waals surface area contributed by atoms with Crippen molar-refractivity contribution in [3.05, 3.63) is 35.4 Å². The van der Waals surface area contributed by atoms with E-state index in [-0.39, 0.29) is 23.7 Å². The van der Waals surface area contributed by atoms with Gasteiger partial charge in [-0.25, -0.2) is 4.79 Å². The fourth-order valence-electron chi connectivity index (χ4n) is 2.02. The molecule has 0 aromatic heterocycles. The predicted molar refractivity (Wildman–Crippen MR) is 69.0 cm³/mol. The van der Waals surface area contributed by atoms with E-state index < -0.39 is 5.97 Å². The average Bonchev–Trinajstić information content (AvgIpc) is 2.66. The van der Waals surface area contributed by atoms with Crippen LogP contribution in [0.2, 0.25) is 0 Å². The first-order chi connectivity index (χ1) is 9.11. The molecule has 96 valence electrons. The van der Waals surface area contributed by atoms with Gasteiger partial charge in [0.1, 0.15) is 6.07 Å². The van der Waals surface area contributed by atoms with E-state index in [1.165, 1.54) is 4.90 Å². The van der Waals surface area contributed by atoms with Gasteiger partial charge in [0.05, 0.1) is 17.9 Å². The van der Waals surface area contributed by atoms with E-state index in [1.807, 2.05) is 0 Å². The second-order valence-electron chi connectivity index (χ2n) is 3.96. The number of nitriles is 1. The number of anilines is 1. The summed E-state index contributed by atoms with van der Waals surface area (Å²) in [5.74, 6) is -1.13. The van der Waals surface area contributed by atoms with Crippen LogP contribution in [0.3, 0.4) is 0 Å². The number of ether oxygens (including phenoxy) is 1. The molecule has 19 heavy (non-hydrogen) atoms. The molecule has 2 rings (SSSR count). The lowest BCUT2D eigenvalue weighted by atomic mass is 10.0. The predicted octanol–water partition coefficient (Wildman–Crippen LogP) is 1.50. The zero-order chi connectivity index (χ0) is 14.0. The number of amides is 1. The van der Waals surface area contributed by atoms with Crippen molar-refractivity contribution in [1.29, 1.82) is 5.26 Å². The first kappa shape index (κ1) is 12.8. The van der Waals surface area contributed by atoms with Crippen molar-refractivity contribution in [2.75, 3.05) is 18.6 Å². The van der Waals surface area contributed by atoms with E-state index in [0.29, 0.717) is 11.3 Å². The second-order valence-corrected chi connectivity index (χ2v) is 3.96. The molecular weight excluding hydrogens is 244 g/mol. The Hall–Kier alpha value is -2.61. The highest BCUT2D eigenvalue weighted by atomic mass is 16.5. The molecule has 0 unspecified atom stereocenters. The third-order valence-electron chi connectivity index (χ3n) is 2.89. The van der Waals surface area contributed by atoms with E-state index in [9.17, 15) is 9.59 Å². The van der Waals surface area contributed by atoms with Crippen LogP contribution in [-0.2, 0) is 14.3 Å². The van der Waals surface area contributed by atoms with Gasteiger partial charge in [-0.3, -0.25) is 4.79 Å². The van der Waals surface area contributed by atoms with Gasteiger partial charge in [0, 0.05) is 12.6 Å². The molecule has 0 atom stereocenters. The van der Waals surface area contributed by atoms with E-state index in [4.69, 9.17) is 10.00 Å². The van der Waals surface area contributed by atoms with Crippen LogP contribution in [0, 0.1) is 11.3 Å². The number of likely N-dealkylation sites (N-methyl/N-ethyl adjacent to an activating group) is 1.